The zero-order valence-corrected chi connectivity index (χ0v) is 8.09. The van der Waals surface area contributed by atoms with Gasteiger partial charge in [-0.1, -0.05) is 19.3 Å². The molecule has 0 amide bonds. The monoisotopic (exact) mass is 185 g/mol. The molecule has 0 atom stereocenters. The van der Waals surface area contributed by atoms with Crippen molar-refractivity contribution in [2.45, 2.75) is 56.9 Å². The Morgan fingerprint density at radius 1 is 1.31 bits per heavy atom. The van der Waals surface area contributed by atoms with Crippen LogP contribution < -0.4 is 5.73 Å². The molecule has 0 aliphatic heterocycles. The van der Waals surface area contributed by atoms with Crippen LogP contribution in [0.1, 0.15) is 51.4 Å². The van der Waals surface area contributed by atoms with E-state index in [1.165, 1.54) is 12.8 Å². The molecule has 1 fully saturated rings. The number of hydrogen-bond acceptors (Lipinski definition) is 2. The summed E-state index contributed by atoms with van der Waals surface area (Å²) >= 11 is 0. The first-order valence-corrected chi connectivity index (χ1v) is 5.13. The number of nitrogens with two attached hydrogens (primary N) is 1. The van der Waals surface area contributed by atoms with E-state index in [0.717, 1.165) is 32.1 Å². The largest absolute Gasteiger partial charge is 0.481 e. The average Bonchev–Trinajstić information content (AvgIpc) is 2.47. The molecule has 0 aromatic rings. The first-order chi connectivity index (χ1) is 6.12. The second-order valence-electron chi connectivity index (χ2n) is 4.17. The molecule has 1 saturated carbocycles. The molecule has 0 heterocycles. The lowest BCUT2D eigenvalue weighted by Gasteiger charge is -2.22. The lowest BCUT2D eigenvalue weighted by atomic mass is 9.92. The summed E-state index contributed by atoms with van der Waals surface area (Å²) in [6, 6.07) is 0. The van der Waals surface area contributed by atoms with Crippen molar-refractivity contribution in [3.63, 3.8) is 0 Å². The number of carbonyl (C=O) groups is 1. The normalized spacial score (nSPS) is 20.4. The minimum absolute atomic E-state index is 0.0402. The van der Waals surface area contributed by atoms with Gasteiger partial charge < -0.3 is 10.8 Å². The van der Waals surface area contributed by atoms with Crippen LogP contribution in [-0.2, 0) is 4.79 Å². The molecule has 76 valence electrons. The Bertz CT molecular complexity index is 174. The van der Waals surface area contributed by atoms with E-state index in [-0.39, 0.29) is 12.0 Å². The van der Waals surface area contributed by atoms with Crippen LogP contribution in [0.4, 0.5) is 0 Å². The molecule has 0 aromatic heterocycles. The molecule has 3 heteroatoms. The van der Waals surface area contributed by atoms with E-state index in [4.69, 9.17) is 10.8 Å². The average molecular weight is 185 g/mol. The van der Waals surface area contributed by atoms with Crippen molar-refractivity contribution in [3.8, 4) is 0 Å². The zero-order valence-electron chi connectivity index (χ0n) is 8.09. The maximum Gasteiger partial charge on any atom is 0.303 e. The van der Waals surface area contributed by atoms with Crippen LogP contribution in [-0.4, -0.2) is 16.6 Å². The van der Waals surface area contributed by atoms with Crippen molar-refractivity contribution >= 4 is 5.97 Å². The molecule has 0 bridgehead atoms. The van der Waals surface area contributed by atoms with E-state index >= 15 is 0 Å². The minimum atomic E-state index is -0.697. The van der Waals surface area contributed by atoms with Gasteiger partial charge in [-0.25, -0.2) is 0 Å². The van der Waals surface area contributed by atoms with Crippen molar-refractivity contribution in [3.05, 3.63) is 0 Å². The van der Waals surface area contributed by atoms with Crippen LogP contribution in [0.2, 0.25) is 0 Å². The molecular formula is C10H19NO2. The predicted molar refractivity (Wildman–Crippen MR) is 51.5 cm³/mol. The maximum atomic E-state index is 10.2. The molecule has 0 aromatic carbocycles. The molecule has 1 rings (SSSR count). The Labute approximate surface area is 79.3 Å². The van der Waals surface area contributed by atoms with Crippen LogP contribution in [0.15, 0.2) is 0 Å². The molecule has 0 saturated heterocycles. The van der Waals surface area contributed by atoms with Gasteiger partial charge in [-0.3, -0.25) is 4.79 Å². The van der Waals surface area contributed by atoms with Crippen molar-refractivity contribution in [2.24, 2.45) is 5.73 Å². The fourth-order valence-corrected chi connectivity index (χ4v) is 2.08. The van der Waals surface area contributed by atoms with Gasteiger partial charge >= 0.3 is 5.97 Å². The summed E-state index contributed by atoms with van der Waals surface area (Å²) in [5.41, 5.74) is 6.17. The molecule has 0 radical (unpaired) electrons. The molecule has 3 nitrogen and oxygen atoms in total. The van der Waals surface area contributed by atoms with E-state index in [1.807, 2.05) is 0 Å². The van der Waals surface area contributed by atoms with Gasteiger partial charge in [0.25, 0.3) is 0 Å². The highest BCUT2D eigenvalue weighted by atomic mass is 16.4. The summed E-state index contributed by atoms with van der Waals surface area (Å²) < 4.78 is 0. The standard InChI is InChI=1S/C10H19NO2/c11-10(7-3-4-8-10)6-2-1-5-9(12)13/h1-8,11H2,(H,12,13). The van der Waals surface area contributed by atoms with E-state index < -0.39 is 5.97 Å². The van der Waals surface area contributed by atoms with Crippen LogP contribution in [0.5, 0.6) is 0 Å². The van der Waals surface area contributed by atoms with Crippen molar-refractivity contribution in [1.29, 1.82) is 0 Å². The fraction of sp³-hybridized carbons (Fsp3) is 0.900. The first-order valence-electron chi connectivity index (χ1n) is 5.13. The molecule has 0 spiro atoms. The summed E-state index contributed by atoms with van der Waals surface area (Å²) in [7, 11) is 0. The molecule has 3 N–H and O–H groups in total. The molecule has 13 heavy (non-hydrogen) atoms. The quantitative estimate of drug-likeness (QED) is 0.643. The topological polar surface area (TPSA) is 63.3 Å². The van der Waals surface area contributed by atoms with E-state index in [1.54, 1.807) is 0 Å². The summed E-state index contributed by atoms with van der Waals surface area (Å²) in [5.74, 6) is -0.697. The van der Waals surface area contributed by atoms with Crippen molar-refractivity contribution < 1.29 is 9.90 Å². The third-order valence-electron chi connectivity index (χ3n) is 2.91. The van der Waals surface area contributed by atoms with Gasteiger partial charge in [0.05, 0.1) is 0 Å². The van der Waals surface area contributed by atoms with Crippen LogP contribution in [0.25, 0.3) is 0 Å². The molecule has 0 unspecified atom stereocenters. The third-order valence-corrected chi connectivity index (χ3v) is 2.91. The lowest BCUT2D eigenvalue weighted by molar-refractivity contribution is -0.137. The summed E-state index contributed by atoms with van der Waals surface area (Å²) in [6.45, 7) is 0. The molecule has 1 aliphatic rings. The SMILES string of the molecule is NC1(CCCCC(=O)O)CCCC1. The molecular weight excluding hydrogens is 166 g/mol. The Morgan fingerprint density at radius 3 is 2.46 bits per heavy atom. The smallest absolute Gasteiger partial charge is 0.303 e. The number of carboxylic acids is 1. The van der Waals surface area contributed by atoms with Gasteiger partial charge in [-0.2, -0.15) is 0 Å². The van der Waals surface area contributed by atoms with Gasteiger partial charge in [-0.05, 0) is 25.7 Å². The number of carboxylic acid groups (broad SMARTS) is 1. The van der Waals surface area contributed by atoms with Crippen molar-refractivity contribution in [2.75, 3.05) is 0 Å². The van der Waals surface area contributed by atoms with Gasteiger partial charge in [0, 0.05) is 12.0 Å². The highest BCUT2D eigenvalue weighted by Gasteiger charge is 2.28. The van der Waals surface area contributed by atoms with Crippen LogP contribution in [0, 0.1) is 0 Å². The Kier molecular flexibility index (Phi) is 3.72. The van der Waals surface area contributed by atoms with E-state index in [2.05, 4.69) is 0 Å². The Morgan fingerprint density at radius 2 is 1.92 bits per heavy atom. The number of unbranched alkanes of at least 4 members (excludes halogenated alkanes) is 1. The first kappa shape index (κ1) is 10.5. The second kappa shape index (κ2) is 4.61. The second-order valence-corrected chi connectivity index (χ2v) is 4.17. The van der Waals surface area contributed by atoms with Gasteiger partial charge in [0.15, 0.2) is 0 Å². The van der Waals surface area contributed by atoms with Gasteiger partial charge in [0.2, 0.25) is 0 Å². The van der Waals surface area contributed by atoms with Crippen molar-refractivity contribution in [1.82, 2.24) is 0 Å². The lowest BCUT2D eigenvalue weighted by Crippen LogP contribution is -2.36. The number of aliphatic carboxylic acids is 1. The fourth-order valence-electron chi connectivity index (χ4n) is 2.08. The van der Waals surface area contributed by atoms with Crippen LogP contribution in [0.3, 0.4) is 0 Å². The number of hydrogen-bond donors (Lipinski definition) is 2. The predicted octanol–water partition coefficient (Wildman–Crippen LogP) is 1.90. The summed E-state index contributed by atoms with van der Waals surface area (Å²) in [5, 5.41) is 8.44. The molecule has 1 aliphatic carbocycles. The summed E-state index contributed by atoms with van der Waals surface area (Å²) in [6.07, 6.45) is 7.76. The maximum absolute atomic E-state index is 10.2. The third kappa shape index (κ3) is 3.77. The summed E-state index contributed by atoms with van der Waals surface area (Å²) in [4.78, 5) is 10.2. The van der Waals surface area contributed by atoms with Crippen LogP contribution >= 0.6 is 0 Å². The highest BCUT2D eigenvalue weighted by molar-refractivity contribution is 5.66. The van der Waals surface area contributed by atoms with Gasteiger partial charge in [-0.15, -0.1) is 0 Å². The zero-order chi connectivity index (χ0) is 9.73. The highest BCUT2D eigenvalue weighted by Crippen LogP contribution is 2.31. The Hall–Kier alpha value is -0.570. The van der Waals surface area contributed by atoms with Gasteiger partial charge in [0.1, 0.15) is 0 Å². The van der Waals surface area contributed by atoms with E-state index in [9.17, 15) is 4.79 Å². The minimum Gasteiger partial charge on any atom is -0.481 e. The van der Waals surface area contributed by atoms with E-state index in [0.29, 0.717) is 0 Å². The number of rotatable bonds is 5. The Balaban J connectivity index is 2.07.